The zero-order chi connectivity index (χ0) is 20.5. The molecule has 2 N–H and O–H groups in total. The van der Waals surface area contributed by atoms with Crippen molar-refractivity contribution in [1.82, 2.24) is 13.6 Å². The molecule has 1 fully saturated rings. The molecule has 2 aromatic rings. The van der Waals surface area contributed by atoms with Gasteiger partial charge in [-0.2, -0.15) is 17.0 Å². The third-order valence-corrected chi connectivity index (χ3v) is 7.27. The standard InChI is InChI=1S/C20H26N6O2S/c1-25(2)29(27,28)26-13-7-11-20(15-26)19(22-14-16-8-4-3-5-9-16)23-18-17(24-20)10-6-12-21-18/h3-6,8-10,12,24H,7,11,13-15H2,1-2H3,(H,21,22,23)/t20-/m1/s1. The zero-order valence-electron chi connectivity index (χ0n) is 16.7. The van der Waals surface area contributed by atoms with Crippen molar-refractivity contribution in [2.24, 2.45) is 4.99 Å². The van der Waals surface area contributed by atoms with Crippen LogP contribution in [0, 0.1) is 0 Å². The Hall–Kier alpha value is -2.49. The van der Waals surface area contributed by atoms with Crippen LogP contribution in [0.15, 0.2) is 53.7 Å². The lowest BCUT2D eigenvalue weighted by molar-refractivity contribution is 0.279. The van der Waals surface area contributed by atoms with Gasteiger partial charge in [0.15, 0.2) is 5.82 Å². The normalized spacial score (nSPS) is 23.6. The van der Waals surface area contributed by atoms with Crippen molar-refractivity contribution in [3.05, 3.63) is 54.2 Å². The first-order chi connectivity index (χ1) is 13.9. The number of anilines is 2. The third-order valence-electron chi connectivity index (χ3n) is 5.38. The summed E-state index contributed by atoms with van der Waals surface area (Å²) in [5, 5.41) is 6.93. The molecule has 1 spiro atoms. The Balaban J connectivity index is 1.71. The summed E-state index contributed by atoms with van der Waals surface area (Å²) >= 11 is 0. The minimum atomic E-state index is -3.51. The summed E-state index contributed by atoms with van der Waals surface area (Å²) in [6, 6.07) is 13.8. The minimum absolute atomic E-state index is 0.308. The molecule has 29 heavy (non-hydrogen) atoms. The molecule has 0 saturated carbocycles. The molecule has 0 bridgehead atoms. The topological polar surface area (TPSA) is 89.9 Å². The quantitative estimate of drug-likeness (QED) is 0.800. The van der Waals surface area contributed by atoms with Gasteiger partial charge in [0.25, 0.3) is 10.2 Å². The number of benzene rings is 1. The predicted molar refractivity (Wildman–Crippen MR) is 115 cm³/mol. The summed E-state index contributed by atoms with van der Waals surface area (Å²) in [6.45, 7) is 1.31. The van der Waals surface area contributed by atoms with Crippen LogP contribution in [0.25, 0.3) is 0 Å². The number of pyridine rings is 1. The molecule has 3 heterocycles. The van der Waals surface area contributed by atoms with Gasteiger partial charge in [0.05, 0.1) is 12.2 Å². The summed E-state index contributed by atoms with van der Waals surface area (Å²) in [5.74, 6) is 1.43. The first kappa shape index (κ1) is 19.8. The van der Waals surface area contributed by atoms with Crippen molar-refractivity contribution in [2.45, 2.75) is 24.9 Å². The Bertz CT molecular complexity index is 1010. The van der Waals surface area contributed by atoms with Crippen LogP contribution in [-0.2, 0) is 16.8 Å². The van der Waals surface area contributed by atoms with Gasteiger partial charge < -0.3 is 10.6 Å². The Kier molecular flexibility index (Phi) is 5.28. The first-order valence-electron chi connectivity index (χ1n) is 9.67. The van der Waals surface area contributed by atoms with Crippen molar-refractivity contribution < 1.29 is 8.42 Å². The molecule has 2 aliphatic rings. The van der Waals surface area contributed by atoms with Crippen LogP contribution >= 0.6 is 0 Å². The van der Waals surface area contributed by atoms with Gasteiger partial charge >= 0.3 is 0 Å². The van der Waals surface area contributed by atoms with Gasteiger partial charge in [-0.3, -0.25) is 4.99 Å². The summed E-state index contributed by atoms with van der Waals surface area (Å²) in [5.41, 5.74) is 1.33. The number of hydrogen-bond acceptors (Lipinski definition) is 5. The van der Waals surface area contributed by atoms with Crippen molar-refractivity contribution in [3.8, 4) is 0 Å². The molecule has 1 saturated heterocycles. The summed E-state index contributed by atoms with van der Waals surface area (Å²) in [4.78, 5) is 9.26. The van der Waals surface area contributed by atoms with E-state index in [1.807, 2.05) is 42.5 Å². The van der Waals surface area contributed by atoms with Crippen LogP contribution < -0.4 is 10.6 Å². The number of hydrogen-bond donors (Lipinski definition) is 2. The van der Waals surface area contributed by atoms with Crippen LogP contribution in [0.5, 0.6) is 0 Å². The molecule has 9 heteroatoms. The molecule has 0 unspecified atom stereocenters. The van der Waals surface area contributed by atoms with E-state index in [0.717, 1.165) is 29.9 Å². The lowest BCUT2D eigenvalue weighted by Crippen LogP contribution is -2.63. The van der Waals surface area contributed by atoms with E-state index >= 15 is 0 Å². The van der Waals surface area contributed by atoms with E-state index in [1.54, 1.807) is 20.3 Å². The van der Waals surface area contributed by atoms with Crippen LogP contribution in [-0.4, -0.2) is 60.6 Å². The van der Waals surface area contributed by atoms with Gasteiger partial charge in [0, 0.05) is 33.4 Å². The van der Waals surface area contributed by atoms with Crippen molar-refractivity contribution in [1.29, 1.82) is 0 Å². The molecule has 1 aromatic heterocycles. The minimum Gasteiger partial charge on any atom is -0.369 e. The van der Waals surface area contributed by atoms with E-state index in [4.69, 9.17) is 4.99 Å². The van der Waals surface area contributed by atoms with Gasteiger partial charge in [-0.15, -0.1) is 0 Å². The van der Waals surface area contributed by atoms with E-state index in [0.29, 0.717) is 25.5 Å². The highest BCUT2D eigenvalue weighted by molar-refractivity contribution is 7.86. The van der Waals surface area contributed by atoms with Gasteiger partial charge in [0.2, 0.25) is 0 Å². The number of amidine groups is 1. The number of nitrogens with one attached hydrogen (secondary N) is 2. The Morgan fingerprint density at radius 1 is 1.21 bits per heavy atom. The lowest BCUT2D eigenvalue weighted by atomic mass is 9.86. The molecule has 1 aromatic carbocycles. The maximum absolute atomic E-state index is 12.8. The van der Waals surface area contributed by atoms with E-state index in [1.165, 1.54) is 8.61 Å². The van der Waals surface area contributed by atoms with E-state index < -0.39 is 15.7 Å². The maximum atomic E-state index is 12.8. The second kappa shape index (κ2) is 7.74. The second-order valence-electron chi connectivity index (χ2n) is 7.61. The third kappa shape index (κ3) is 3.85. The van der Waals surface area contributed by atoms with Crippen LogP contribution in [0.2, 0.25) is 0 Å². The molecular weight excluding hydrogens is 388 g/mol. The van der Waals surface area contributed by atoms with Crippen molar-refractivity contribution in [2.75, 3.05) is 37.8 Å². The van der Waals surface area contributed by atoms with Crippen molar-refractivity contribution >= 4 is 27.6 Å². The number of piperidine rings is 1. The largest absolute Gasteiger partial charge is 0.369 e. The van der Waals surface area contributed by atoms with Crippen LogP contribution in [0.1, 0.15) is 18.4 Å². The Labute approximate surface area is 171 Å². The van der Waals surface area contributed by atoms with E-state index in [9.17, 15) is 8.42 Å². The highest BCUT2D eigenvalue weighted by Gasteiger charge is 2.46. The summed E-state index contributed by atoms with van der Waals surface area (Å²) in [7, 11) is -0.390. The number of rotatable bonds is 4. The first-order valence-corrected chi connectivity index (χ1v) is 11.1. The van der Waals surface area contributed by atoms with Gasteiger partial charge in [-0.1, -0.05) is 30.3 Å². The fourth-order valence-corrected chi connectivity index (χ4v) is 5.04. The number of nitrogens with zero attached hydrogens (tertiary/aromatic N) is 4. The van der Waals surface area contributed by atoms with Gasteiger partial charge in [-0.05, 0) is 30.5 Å². The highest BCUT2D eigenvalue weighted by Crippen LogP contribution is 2.36. The average molecular weight is 415 g/mol. The smallest absolute Gasteiger partial charge is 0.281 e. The monoisotopic (exact) mass is 414 g/mol. The molecule has 154 valence electrons. The van der Waals surface area contributed by atoms with E-state index in [-0.39, 0.29) is 0 Å². The molecule has 2 aliphatic heterocycles. The molecule has 4 rings (SSSR count). The maximum Gasteiger partial charge on any atom is 0.281 e. The SMILES string of the molecule is CN(C)S(=O)(=O)N1CCC[C@]2(C1)Nc1cccnc1NC2=NCc1ccccc1. The highest BCUT2D eigenvalue weighted by atomic mass is 32.2. The molecule has 1 atom stereocenters. The Morgan fingerprint density at radius 3 is 2.76 bits per heavy atom. The lowest BCUT2D eigenvalue weighted by Gasteiger charge is -2.46. The molecule has 0 radical (unpaired) electrons. The van der Waals surface area contributed by atoms with Gasteiger partial charge in [0.1, 0.15) is 11.4 Å². The molecular formula is C20H26N6O2S. The number of aliphatic imine (C=N–C) groups is 1. The fourth-order valence-electron chi connectivity index (χ4n) is 3.84. The second-order valence-corrected chi connectivity index (χ2v) is 9.75. The van der Waals surface area contributed by atoms with Gasteiger partial charge in [-0.25, -0.2) is 4.98 Å². The van der Waals surface area contributed by atoms with Crippen LogP contribution in [0.4, 0.5) is 11.5 Å². The molecule has 0 aliphatic carbocycles. The number of fused-ring (bicyclic) bond motifs is 1. The van der Waals surface area contributed by atoms with Crippen LogP contribution in [0.3, 0.4) is 0 Å². The fraction of sp³-hybridized carbons (Fsp3) is 0.400. The summed E-state index contributed by atoms with van der Waals surface area (Å²) in [6.07, 6.45) is 3.24. The number of aromatic nitrogens is 1. The summed E-state index contributed by atoms with van der Waals surface area (Å²) < 4.78 is 28.4. The average Bonchev–Trinajstić information content (AvgIpc) is 2.73. The molecule has 8 nitrogen and oxygen atoms in total. The molecule has 0 amide bonds. The van der Waals surface area contributed by atoms with E-state index in [2.05, 4.69) is 15.6 Å². The predicted octanol–water partition coefficient (Wildman–Crippen LogP) is 2.16. The zero-order valence-corrected chi connectivity index (χ0v) is 17.5. The van der Waals surface area contributed by atoms with Crippen molar-refractivity contribution in [3.63, 3.8) is 0 Å². The Morgan fingerprint density at radius 2 is 2.00 bits per heavy atom.